The van der Waals surface area contributed by atoms with Crippen LogP contribution >= 0.6 is 11.8 Å². The van der Waals surface area contributed by atoms with E-state index in [-0.39, 0.29) is 5.54 Å². The Morgan fingerprint density at radius 1 is 1.33 bits per heavy atom. The lowest BCUT2D eigenvalue weighted by Gasteiger charge is -2.37. The van der Waals surface area contributed by atoms with Crippen LogP contribution in [0.1, 0.15) is 46.5 Å². The van der Waals surface area contributed by atoms with Gasteiger partial charge in [0.15, 0.2) is 0 Å². The fourth-order valence-corrected chi connectivity index (χ4v) is 3.65. The van der Waals surface area contributed by atoms with Gasteiger partial charge in [0.1, 0.15) is 0 Å². The highest BCUT2D eigenvalue weighted by atomic mass is 32.2. The molecule has 1 N–H and O–H groups in total. The summed E-state index contributed by atoms with van der Waals surface area (Å²) < 4.78 is 6.11. The maximum Gasteiger partial charge on any atom is 0.0672 e. The third-order valence-electron chi connectivity index (χ3n) is 4.33. The van der Waals surface area contributed by atoms with E-state index in [1.54, 1.807) is 0 Å². The van der Waals surface area contributed by atoms with E-state index in [1.807, 2.05) is 11.8 Å². The average Bonchev–Trinajstić information content (AvgIpc) is 3.05. The lowest BCUT2D eigenvalue weighted by molar-refractivity contribution is 0.0267. The first-order valence-corrected chi connectivity index (χ1v) is 8.72. The van der Waals surface area contributed by atoms with Gasteiger partial charge in [0.25, 0.3) is 0 Å². The molecule has 0 aromatic rings. The van der Waals surface area contributed by atoms with E-state index in [0.29, 0.717) is 11.5 Å². The Morgan fingerprint density at radius 3 is 2.61 bits per heavy atom. The molecule has 2 fully saturated rings. The SMILES string of the molecule is CSCCC1(CNC(C)(C)C)CCOC1C1CC1. The molecule has 1 saturated heterocycles. The molecule has 1 aliphatic carbocycles. The topological polar surface area (TPSA) is 21.3 Å². The number of ether oxygens (including phenoxy) is 1. The van der Waals surface area contributed by atoms with Crippen molar-refractivity contribution < 1.29 is 4.74 Å². The van der Waals surface area contributed by atoms with E-state index in [0.717, 1.165) is 19.1 Å². The van der Waals surface area contributed by atoms with Crippen molar-refractivity contribution in [3.63, 3.8) is 0 Å². The molecule has 0 aromatic heterocycles. The molecule has 2 atom stereocenters. The van der Waals surface area contributed by atoms with Crippen molar-refractivity contribution in [3.05, 3.63) is 0 Å². The molecule has 2 unspecified atom stereocenters. The maximum absolute atomic E-state index is 6.11. The summed E-state index contributed by atoms with van der Waals surface area (Å²) in [5.74, 6) is 2.12. The number of nitrogens with one attached hydrogen (secondary N) is 1. The van der Waals surface area contributed by atoms with Gasteiger partial charge in [0.05, 0.1) is 6.10 Å². The molecule has 0 aromatic carbocycles. The smallest absolute Gasteiger partial charge is 0.0672 e. The lowest BCUT2D eigenvalue weighted by atomic mass is 9.76. The predicted molar refractivity (Wildman–Crippen MR) is 80.3 cm³/mol. The molecule has 2 aliphatic rings. The van der Waals surface area contributed by atoms with Gasteiger partial charge in [-0.25, -0.2) is 0 Å². The zero-order valence-corrected chi connectivity index (χ0v) is 13.2. The first kappa shape index (κ1) is 14.7. The third-order valence-corrected chi connectivity index (χ3v) is 4.94. The standard InChI is InChI=1S/C15H29NOS/c1-14(2,3)16-11-15(8-10-18-4)7-9-17-13(15)12-5-6-12/h12-13,16H,5-11H2,1-4H3. The minimum atomic E-state index is 0.211. The zero-order chi connectivity index (χ0) is 13.2. The minimum Gasteiger partial charge on any atom is -0.377 e. The van der Waals surface area contributed by atoms with E-state index in [1.165, 1.54) is 31.4 Å². The van der Waals surface area contributed by atoms with Crippen LogP contribution in [0.5, 0.6) is 0 Å². The van der Waals surface area contributed by atoms with Crippen LogP contribution in [0.25, 0.3) is 0 Å². The second-order valence-electron chi connectivity index (χ2n) is 7.09. The van der Waals surface area contributed by atoms with Crippen molar-refractivity contribution in [1.29, 1.82) is 0 Å². The van der Waals surface area contributed by atoms with Crippen LogP contribution in [0, 0.1) is 11.3 Å². The first-order chi connectivity index (χ1) is 8.47. The van der Waals surface area contributed by atoms with Crippen molar-refractivity contribution in [2.75, 3.05) is 25.2 Å². The van der Waals surface area contributed by atoms with Gasteiger partial charge in [-0.1, -0.05) is 0 Å². The summed E-state index contributed by atoms with van der Waals surface area (Å²) in [6, 6.07) is 0. The van der Waals surface area contributed by atoms with Crippen LogP contribution in [-0.4, -0.2) is 36.8 Å². The molecule has 1 aliphatic heterocycles. The molecular formula is C15H29NOS. The molecular weight excluding hydrogens is 242 g/mol. The van der Waals surface area contributed by atoms with Crippen molar-refractivity contribution >= 4 is 11.8 Å². The minimum absolute atomic E-state index is 0.211. The van der Waals surface area contributed by atoms with E-state index < -0.39 is 0 Å². The van der Waals surface area contributed by atoms with Gasteiger partial charge in [0, 0.05) is 24.1 Å². The average molecular weight is 271 g/mol. The summed E-state index contributed by atoms with van der Waals surface area (Å²) in [6.07, 6.45) is 8.07. The Morgan fingerprint density at radius 2 is 2.06 bits per heavy atom. The Bertz CT molecular complexity index is 272. The quantitative estimate of drug-likeness (QED) is 0.801. The van der Waals surface area contributed by atoms with E-state index >= 15 is 0 Å². The second kappa shape index (κ2) is 5.72. The maximum atomic E-state index is 6.11. The molecule has 0 spiro atoms. The highest BCUT2D eigenvalue weighted by Crippen LogP contribution is 2.49. The molecule has 18 heavy (non-hydrogen) atoms. The largest absolute Gasteiger partial charge is 0.377 e. The highest BCUT2D eigenvalue weighted by molar-refractivity contribution is 7.98. The fraction of sp³-hybridized carbons (Fsp3) is 1.00. The Labute approximate surface area is 117 Å². The predicted octanol–water partition coefficient (Wildman–Crippen LogP) is 3.31. The number of hydrogen-bond donors (Lipinski definition) is 1. The van der Waals surface area contributed by atoms with Crippen molar-refractivity contribution in [3.8, 4) is 0 Å². The molecule has 0 radical (unpaired) electrons. The molecule has 1 saturated carbocycles. The molecule has 1 heterocycles. The van der Waals surface area contributed by atoms with Gasteiger partial charge in [-0.3, -0.25) is 0 Å². The van der Waals surface area contributed by atoms with Gasteiger partial charge in [-0.15, -0.1) is 0 Å². The summed E-state index contributed by atoms with van der Waals surface area (Å²) in [6.45, 7) is 8.88. The summed E-state index contributed by atoms with van der Waals surface area (Å²) >= 11 is 1.97. The molecule has 106 valence electrons. The van der Waals surface area contributed by atoms with E-state index in [4.69, 9.17) is 4.74 Å². The van der Waals surface area contributed by atoms with Gasteiger partial charge >= 0.3 is 0 Å². The summed E-state index contributed by atoms with van der Waals surface area (Å²) in [5, 5.41) is 3.74. The van der Waals surface area contributed by atoms with Crippen LogP contribution in [0.2, 0.25) is 0 Å². The monoisotopic (exact) mass is 271 g/mol. The summed E-state index contributed by atoms with van der Waals surface area (Å²) in [4.78, 5) is 0. The second-order valence-corrected chi connectivity index (χ2v) is 8.07. The number of rotatable bonds is 6. The van der Waals surface area contributed by atoms with Crippen LogP contribution in [0.3, 0.4) is 0 Å². The zero-order valence-electron chi connectivity index (χ0n) is 12.4. The van der Waals surface area contributed by atoms with Crippen LogP contribution in [0.4, 0.5) is 0 Å². The van der Waals surface area contributed by atoms with E-state index in [9.17, 15) is 0 Å². The van der Waals surface area contributed by atoms with Crippen LogP contribution in [-0.2, 0) is 4.74 Å². The normalized spacial score (nSPS) is 33.0. The van der Waals surface area contributed by atoms with E-state index in [2.05, 4.69) is 32.3 Å². The molecule has 2 rings (SSSR count). The third kappa shape index (κ3) is 3.64. The summed E-state index contributed by atoms with van der Waals surface area (Å²) in [5.41, 5.74) is 0.612. The summed E-state index contributed by atoms with van der Waals surface area (Å²) in [7, 11) is 0. The van der Waals surface area contributed by atoms with Gasteiger partial charge < -0.3 is 10.1 Å². The Hall–Kier alpha value is 0.270. The molecule has 0 bridgehead atoms. The number of hydrogen-bond acceptors (Lipinski definition) is 3. The molecule has 2 nitrogen and oxygen atoms in total. The Balaban J connectivity index is 2.01. The van der Waals surface area contributed by atoms with Gasteiger partial charge in [-0.05, 0) is 64.4 Å². The van der Waals surface area contributed by atoms with Crippen LogP contribution in [0.15, 0.2) is 0 Å². The Kier molecular flexibility index (Phi) is 4.66. The van der Waals surface area contributed by atoms with Crippen molar-refractivity contribution in [2.24, 2.45) is 11.3 Å². The number of thioether (sulfide) groups is 1. The van der Waals surface area contributed by atoms with Crippen LogP contribution < -0.4 is 5.32 Å². The van der Waals surface area contributed by atoms with Gasteiger partial charge in [0.2, 0.25) is 0 Å². The molecule has 0 amide bonds. The molecule has 3 heteroatoms. The van der Waals surface area contributed by atoms with Gasteiger partial charge in [-0.2, -0.15) is 11.8 Å². The van der Waals surface area contributed by atoms with Crippen molar-refractivity contribution in [1.82, 2.24) is 5.32 Å². The highest BCUT2D eigenvalue weighted by Gasteiger charge is 2.50. The lowest BCUT2D eigenvalue weighted by Crippen LogP contribution is -2.48. The first-order valence-electron chi connectivity index (χ1n) is 7.32. The fourth-order valence-electron chi connectivity index (χ4n) is 3.03. The van der Waals surface area contributed by atoms with Crippen molar-refractivity contribution in [2.45, 2.75) is 58.1 Å².